The fourth-order valence-electron chi connectivity index (χ4n) is 2.10. The van der Waals surface area contributed by atoms with E-state index in [0.717, 1.165) is 32.0 Å². The predicted molar refractivity (Wildman–Crippen MR) is 68.3 cm³/mol. The van der Waals surface area contributed by atoms with Crippen molar-refractivity contribution in [2.75, 3.05) is 13.7 Å². The van der Waals surface area contributed by atoms with Crippen LogP contribution in [-0.2, 0) is 23.9 Å². The molecule has 0 N–H and O–H groups in total. The molecule has 0 bridgehead atoms. The van der Waals surface area contributed by atoms with Gasteiger partial charge in [0, 0.05) is 6.42 Å². The van der Waals surface area contributed by atoms with Gasteiger partial charge in [-0.2, -0.15) is 0 Å². The lowest BCUT2D eigenvalue weighted by Gasteiger charge is -2.11. The van der Waals surface area contributed by atoms with Gasteiger partial charge in [-0.3, -0.25) is 9.59 Å². The molecule has 19 heavy (non-hydrogen) atoms. The van der Waals surface area contributed by atoms with Crippen molar-refractivity contribution in [3.05, 3.63) is 11.6 Å². The molecule has 5 nitrogen and oxygen atoms in total. The maximum absolute atomic E-state index is 11.7. The number of ether oxygens (including phenoxy) is 2. The summed E-state index contributed by atoms with van der Waals surface area (Å²) in [6.45, 7) is 0.0538. The van der Waals surface area contributed by atoms with E-state index in [0.29, 0.717) is 5.57 Å². The summed E-state index contributed by atoms with van der Waals surface area (Å²) < 4.78 is 9.76. The first-order valence-corrected chi connectivity index (χ1v) is 6.52. The second-order valence-corrected chi connectivity index (χ2v) is 4.61. The highest BCUT2D eigenvalue weighted by atomic mass is 16.5. The molecule has 0 heterocycles. The van der Waals surface area contributed by atoms with Gasteiger partial charge in [-0.1, -0.05) is 18.9 Å². The summed E-state index contributed by atoms with van der Waals surface area (Å²) in [5.74, 6) is -0.626. The zero-order valence-corrected chi connectivity index (χ0v) is 11.2. The van der Waals surface area contributed by atoms with E-state index in [1.165, 1.54) is 7.11 Å². The van der Waals surface area contributed by atoms with Crippen LogP contribution in [0.15, 0.2) is 11.6 Å². The summed E-state index contributed by atoms with van der Waals surface area (Å²) in [6.07, 6.45) is 6.47. The van der Waals surface area contributed by atoms with Crippen molar-refractivity contribution in [1.82, 2.24) is 0 Å². The molecule has 1 aliphatic rings. The number of hydrogen-bond acceptors (Lipinski definition) is 5. The quantitative estimate of drug-likeness (QED) is 0.400. The van der Waals surface area contributed by atoms with Gasteiger partial charge < -0.3 is 14.3 Å². The number of hydrogen-bond donors (Lipinski definition) is 0. The van der Waals surface area contributed by atoms with Gasteiger partial charge in [0.25, 0.3) is 0 Å². The minimum Gasteiger partial charge on any atom is -0.469 e. The van der Waals surface area contributed by atoms with Gasteiger partial charge in [-0.25, -0.2) is 0 Å². The molecule has 5 heteroatoms. The third-order valence-electron chi connectivity index (χ3n) is 3.19. The van der Waals surface area contributed by atoms with Crippen molar-refractivity contribution >= 4 is 18.2 Å². The van der Waals surface area contributed by atoms with E-state index in [9.17, 15) is 14.4 Å². The number of aldehydes is 1. The summed E-state index contributed by atoms with van der Waals surface area (Å²) in [5, 5.41) is 0. The van der Waals surface area contributed by atoms with Crippen LogP contribution in [0.1, 0.15) is 38.5 Å². The van der Waals surface area contributed by atoms with Gasteiger partial charge in [-0.15, -0.1) is 0 Å². The van der Waals surface area contributed by atoms with E-state index in [1.807, 2.05) is 0 Å². The second-order valence-electron chi connectivity index (χ2n) is 4.61. The molecule has 1 saturated carbocycles. The summed E-state index contributed by atoms with van der Waals surface area (Å²) in [4.78, 5) is 33.3. The van der Waals surface area contributed by atoms with Crippen LogP contribution in [0.2, 0.25) is 0 Å². The van der Waals surface area contributed by atoms with E-state index in [-0.39, 0.29) is 31.3 Å². The van der Waals surface area contributed by atoms with Crippen molar-refractivity contribution in [2.45, 2.75) is 38.5 Å². The lowest BCUT2D eigenvalue weighted by Crippen LogP contribution is -2.17. The van der Waals surface area contributed by atoms with Crippen LogP contribution in [-0.4, -0.2) is 31.9 Å². The van der Waals surface area contributed by atoms with Crippen LogP contribution in [0.5, 0.6) is 0 Å². The molecule has 0 spiro atoms. The molecular formula is C14H20O5. The van der Waals surface area contributed by atoms with Crippen LogP contribution < -0.4 is 0 Å². The normalized spacial score (nSPS) is 16.2. The smallest absolute Gasteiger partial charge is 0.309 e. The van der Waals surface area contributed by atoms with Crippen LogP contribution in [0, 0.1) is 5.92 Å². The van der Waals surface area contributed by atoms with Gasteiger partial charge >= 0.3 is 11.9 Å². The van der Waals surface area contributed by atoms with Gasteiger partial charge in [0.05, 0.1) is 19.4 Å². The highest BCUT2D eigenvalue weighted by molar-refractivity contribution is 5.74. The molecule has 0 radical (unpaired) electrons. The Kier molecular flexibility index (Phi) is 6.85. The minimum atomic E-state index is -0.408. The van der Waals surface area contributed by atoms with Gasteiger partial charge in [0.15, 0.2) is 0 Å². The largest absolute Gasteiger partial charge is 0.469 e. The van der Waals surface area contributed by atoms with E-state index < -0.39 is 5.97 Å². The summed E-state index contributed by atoms with van der Waals surface area (Å²) in [6, 6.07) is 0. The highest BCUT2D eigenvalue weighted by Crippen LogP contribution is 2.25. The molecule has 0 aromatic carbocycles. The molecule has 0 atom stereocenters. The van der Waals surface area contributed by atoms with E-state index in [4.69, 9.17) is 4.74 Å². The van der Waals surface area contributed by atoms with E-state index >= 15 is 0 Å². The number of carbonyl (C=O) groups excluding carboxylic acids is 3. The fourth-order valence-corrected chi connectivity index (χ4v) is 2.10. The molecule has 0 unspecified atom stereocenters. The van der Waals surface area contributed by atoms with E-state index in [1.54, 1.807) is 6.08 Å². The fraction of sp³-hybridized carbons (Fsp3) is 0.643. The number of methoxy groups -OCH3 is 1. The molecule has 0 aromatic heterocycles. The van der Waals surface area contributed by atoms with Crippen molar-refractivity contribution in [2.24, 2.45) is 5.92 Å². The van der Waals surface area contributed by atoms with Crippen molar-refractivity contribution in [3.63, 3.8) is 0 Å². The standard InChI is InChI=1S/C14H20O5/c1-18-13(16)9-11(5-4-8-15)10-19-14(17)12-6-2-3-7-12/h5,8,12H,2-4,6-7,9-10H2,1H3/b11-5-. The van der Waals surface area contributed by atoms with Gasteiger partial charge in [0.1, 0.15) is 12.9 Å². The zero-order valence-electron chi connectivity index (χ0n) is 11.2. The van der Waals surface area contributed by atoms with Crippen molar-refractivity contribution < 1.29 is 23.9 Å². The number of carbonyl (C=O) groups is 3. The first-order chi connectivity index (χ1) is 9.17. The third-order valence-corrected chi connectivity index (χ3v) is 3.19. The Labute approximate surface area is 112 Å². The molecule has 106 valence electrons. The molecule has 1 aliphatic carbocycles. The Morgan fingerprint density at radius 1 is 1.26 bits per heavy atom. The minimum absolute atomic E-state index is 0.00884. The summed E-state index contributed by atoms with van der Waals surface area (Å²) in [5.41, 5.74) is 0.602. The highest BCUT2D eigenvalue weighted by Gasteiger charge is 2.24. The summed E-state index contributed by atoms with van der Waals surface area (Å²) in [7, 11) is 1.30. The Morgan fingerprint density at radius 3 is 2.53 bits per heavy atom. The molecule has 0 aliphatic heterocycles. The van der Waals surface area contributed by atoms with Gasteiger partial charge in [0.2, 0.25) is 0 Å². The number of rotatable bonds is 7. The molecule has 1 fully saturated rings. The summed E-state index contributed by atoms with van der Waals surface area (Å²) >= 11 is 0. The van der Waals surface area contributed by atoms with Crippen LogP contribution in [0.25, 0.3) is 0 Å². The first-order valence-electron chi connectivity index (χ1n) is 6.52. The molecule has 1 rings (SSSR count). The Morgan fingerprint density at radius 2 is 1.95 bits per heavy atom. The Balaban J connectivity index is 2.44. The Bertz CT molecular complexity index is 353. The average Bonchev–Trinajstić information content (AvgIpc) is 2.95. The topological polar surface area (TPSA) is 69.7 Å². The second kappa shape index (κ2) is 8.45. The van der Waals surface area contributed by atoms with Crippen LogP contribution >= 0.6 is 0 Å². The lowest BCUT2D eigenvalue weighted by molar-refractivity contribution is -0.148. The number of allylic oxidation sites excluding steroid dienone is 1. The lowest BCUT2D eigenvalue weighted by atomic mass is 10.1. The first kappa shape index (κ1) is 15.4. The zero-order chi connectivity index (χ0) is 14.1. The van der Waals surface area contributed by atoms with Crippen molar-refractivity contribution in [3.8, 4) is 0 Å². The molecule has 0 amide bonds. The molecule has 0 aromatic rings. The van der Waals surface area contributed by atoms with E-state index in [2.05, 4.69) is 4.74 Å². The monoisotopic (exact) mass is 268 g/mol. The maximum Gasteiger partial charge on any atom is 0.309 e. The Hall–Kier alpha value is -1.65. The predicted octanol–water partition coefficient (Wildman–Crippen LogP) is 1.80. The third kappa shape index (κ3) is 5.68. The number of esters is 2. The molecule has 0 saturated heterocycles. The maximum atomic E-state index is 11.7. The van der Waals surface area contributed by atoms with Crippen LogP contribution in [0.3, 0.4) is 0 Å². The SMILES string of the molecule is COC(=O)C/C(=C/CC=O)COC(=O)C1CCCC1. The van der Waals surface area contributed by atoms with Crippen molar-refractivity contribution in [1.29, 1.82) is 0 Å². The average molecular weight is 268 g/mol. The van der Waals surface area contributed by atoms with Crippen LogP contribution in [0.4, 0.5) is 0 Å². The molecular weight excluding hydrogens is 248 g/mol. The van der Waals surface area contributed by atoms with Gasteiger partial charge in [-0.05, 0) is 18.4 Å².